The molecule has 0 amide bonds. The van der Waals surface area contributed by atoms with Gasteiger partial charge in [-0.05, 0) is 13.1 Å². The normalized spacial score (nSPS) is 10.1. The molecule has 6 nitrogen and oxygen atoms in total. The Morgan fingerprint density at radius 1 is 1.56 bits per heavy atom. The van der Waals surface area contributed by atoms with Crippen LogP contribution < -0.4 is 5.32 Å². The molecule has 6 heteroatoms. The summed E-state index contributed by atoms with van der Waals surface area (Å²) in [5.74, 6) is 5.87. The Kier molecular flexibility index (Phi) is 3.55. The molecule has 0 fully saturated rings. The number of rotatable bonds is 3. The third-order valence-corrected chi connectivity index (χ3v) is 2.47. The van der Waals surface area contributed by atoms with E-state index in [1.165, 1.54) is 12.3 Å². The van der Waals surface area contributed by atoms with Crippen LogP contribution in [0.2, 0.25) is 0 Å². The van der Waals surface area contributed by atoms with Crippen molar-refractivity contribution in [3.8, 4) is 11.8 Å². The number of non-ortho nitro benzene ring substituents is 1. The molecule has 1 aromatic carbocycles. The quantitative estimate of drug-likeness (QED) is 0.370. The molecule has 0 aliphatic carbocycles. The van der Waals surface area contributed by atoms with Crippen molar-refractivity contribution < 1.29 is 4.92 Å². The number of nitrogens with zero attached hydrogens (tertiary/aromatic N) is 2. The van der Waals surface area contributed by atoms with E-state index in [1.807, 2.05) is 7.05 Å². The Bertz CT molecular complexity index is 636. The molecule has 0 aliphatic rings. The van der Waals surface area contributed by atoms with E-state index in [2.05, 4.69) is 27.4 Å². The summed E-state index contributed by atoms with van der Waals surface area (Å²) < 4.78 is 0. The average Bonchev–Trinajstić information content (AvgIpc) is 2.81. The van der Waals surface area contributed by atoms with Crippen molar-refractivity contribution in [2.45, 2.75) is 6.42 Å². The highest BCUT2D eigenvalue weighted by Crippen LogP contribution is 2.25. The molecule has 1 aromatic heterocycles. The molecule has 2 aromatic rings. The zero-order valence-corrected chi connectivity index (χ0v) is 9.86. The second kappa shape index (κ2) is 5.29. The van der Waals surface area contributed by atoms with Crippen molar-refractivity contribution in [2.24, 2.45) is 0 Å². The number of H-pyrrole nitrogens is 1. The molecule has 2 rings (SSSR count). The van der Waals surface area contributed by atoms with Gasteiger partial charge in [0, 0.05) is 24.6 Å². The van der Waals surface area contributed by atoms with Gasteiger partial charge in [-0.15, -0.1) is 0 Å². The molecular weight excluding hydrogens is 232 g/mol. The summed E-state index contributed by atoms with van der Waals surface area (Å²) >= 11 is 0. The van der Waals surface area contributed by atoms with Crippen molar-refractivity contribution in [3.05, 3.63) is 34.0 Å². The van der Waals surface area contributed by atoms with Gasteiger partial charge >= 0.3 is 0 Å². The molecule has 18 heavy (non-hydrogen) atoms. The zero-order valence-electron chi connectivity index (χ0n) is 9.86. The Labute approximate surface area is 104 Å². The Morgan fingerprint density at radius 2 is 2.39 bits per heavy atom. The van der Waals surface area contributed by atoms with Crippen LogP contribution >= 0.6 is 0 Å². The predicted octanol–water partition coefficient (Wildman–Crippen LogP) is 1.43. The SMILES string of the molecule is CNCCC#Cc1cc([N+](=O)[O-])c2cn[nH]c2c1. The molecule has 1 heterocycles. The summed E-state index contributed by atoms with van der Waals surface area (Å²) in [4.78, 5) is 10.5. The van der Waals surface area contributed by atoms with Crippen molar-refractivity contribution in [2.75, 3.05) is 13.6 Å². The van der Waals surface area contributed by atoms with Crippen LogP contribution in [0.15, 0.2) is 18.3 Å². The first-order valence-electron chi connectivity index (χ1n) is 5.47. The third kappa shape index (κ3) is 2.47. The van der Waals surface area contributed by atoms with Gasteiger partial charge in [-0.2, -0.15) is 5.10 Å². The number of benzene rings is 1. The predicted molar refractivity (Wildman–Crippen MR) is 68.2 cm³/mol. The topological polar surface area (TPSA) is 83.8 Å². The minimum Gasteiger partial charge on any atom is -0.319 e. The molecule has 0 atom stereocenters. The van der Waals surface area contributed by atoms with Crippen LogP contribution in [0.25, 0.3) is 10.9 Å². The lowest BCUT2D eigenvalue weighted by molar-refractivity contribution is -0.383. The minimum absolute atomic E-state index is 0.0270. The lowest BCUT2D eigenvalue weighted by Gasteiger charge is -1.95. The lowest BCUT2D eigenvalue weighted by atomic mass is 10.1. The van der Waals surface area contributed by atoms with Crippen LogP contribution in [0.4, 0.5) is 5.69 Å². The van der Waals surface area contributed by atoms with Gasteiger partial charge in [-0.1, -0.05) is 11.8 Å². The van der Waals surface area contributed by atoms with E-state index in [9.17, 15) is 10.1 Å². The number of fused-ring (bicyclic) bond motifs is 1. The van der Waals surface area contributed by atoms with Gasteiger partial charge in [0.25, 0.3) is 5.69 Å². The monoisotopic (exact) mass is 244 g/mol. The van der Waals surface area contributed by atoms with Gasteiger partial charge in [0.1, 0.15) is 0 Å². The maximum atomic E-state index is 10.9. The van der Waals surface area contributed by atoms with Crippen molar-refractivity contribution in [3.63, 3.8) is 0 Å². The van der Waals surface area contributed by atoms with E-state index in [-0.39, 0.29) is 5.69 Å². The Hall–Kier alpha value is -2.39. The van der Waals surface area contributed by atoms with E-state index < -0.39 is 4.92 Å². The molecule has 92 valence electrons. The first kappa shape index (κ1) is 12.1. The molecule has 0 saturated carbocycles. The van der Waals surface area contributed by atoms with E-state index in [1.54, 1.807) is 6.07 Å². The standard InChI is InChI=1S/C12H12N4O2/c1-13-5-3-2-4-9-6-11-10(8-14-15-11)12(7-9)16(17)18/h6-8,13H,3,5H2,1H3,(H,14,15). The number of nitrogens with one attached hydrogen (secondary N) is 2. The lowest BCUT2D eigenvalue weighted by Crippen LogP contribution is -2.05. The molecule has 0 bridgehead atoms. The fraction of sp³-hybridized carbons (Fsp3) is 0.250. The summed E-state index contributed by atoms with van der Waals surface area (Å²) in [6.45, 7) is 0.793. The molecule has 0 unspecified atom stereocenters. The summed E-state index contributed by atoms with van der Waals surface area (Å²) in [7, 11) is 1.85. The maximum absolute atomic E-state index is 10.9. The van der Waals surface area contributed by atoms with E-state index >= 15 is 0 Å². The largest absolute Gasteiger partial charge is 0.319 e. The van der Waals surface area contributed by atoms with Crippen LogP contribution in [-0.4, -0.2) is 28.7 Å². The highest BCUT2D eigenvalue weighted by atomic mass is 16.6. The molecule has 0 aliphatic heterocycles. The summed E-state index contributed by atoms with van der Waals surface area (Å²) in [5, 5.41) is 21.0. The second-order valence-electron chi connectivity index (χ2n) is 3.74. The first-order valence-corrected chi connectivity index (χ1v) is 5.47. The highest BCUT2D eigenvalue weighted by Gasteiger charge is 2.14. The molecule has 0 radical (unpaired) electrons. The maximum Gasteiger partial charge on any atom is 0.281 e. The summed E-state index contributed by atoms with van der Waals surface area (Å²) in [5.41, 5.74) is 1.27. The summed E-state index contributed by atoms with van der Waals surface area (Å²) in [6, 6.07) is 3.24. The van der Waals surface area contributed by atoms with Crippen LogP contribution in [0, 0.1) is 22.0 Å². The number of nitro benzene ring substituents is 1. The van der Waals surface area contributed by atoms with Gasteiger partial charge < -0.3 is 5.32 Å². The van der Waals surface area contributed by atoms with E-state index in [4.69, 9.17) is 0 Å². The molecule has 0 spiro atoms. The van der Waals surface area contributed by atoms with Crippen LogP contribution in [-0.2, 0) is 0 Å². The second-order valence-corrected chi connectivity index (χ2v) is 3.74. The smallest absolute Gasteiger partial charge is 0.281 e. The molecule has 0 saturated heterocycles. The van der Waals surface area contributed by atoms with Gasteiger partial charge in [0.15, 0.2) is 0 Å². The zero-order chi connectivity index (χ0) is 13.0. The van der Waals surface area contributed by atoms with E-state index in [0.717, 1.165) is 6.54 Å². The third-order valence-electron chi connectivity index (χ3n) is 2.47. The van der Waals surface area contributed by atoms with Crippen LogP contribution in [0.5, 0.6) is 0 Å². The number of hydrogen-bond acceptors (Lipinski definition) is 4. The van der Waals surface area contributed by atoms with E-state index in [0.29, 0.717) is 22.9 Å². The summed E-state index contributed by atoms with van der Waals surface area (Å²) in [6.07, 6.45) is 2.15. The number of aromatic amines is 1. The Balaban J connectivity index is 2.39. The van der Waals surface area contributed by atoms with Gasteiger partial charge in [0.2, 0.25) is 0 Å². The minimum atomic E-state index is -0.420. The van der Waals surface area contributed by atoms with Crippen molar-refractivity contribution in [1.29, 1.82) is 0 Å². The molecule has 2 N–H and O–H groups in total. The fourth-order valence-corrected chi connectivity index (χ4v) is 1.61. The van der Waals surface area contributed by atoms with Gasteiger partial charge in [-0.3, -0.25) is 15.2 Å². The van der Waals surface area contributed by atoms with Crippen molar-refractivity contribution in [1.82, 2.24) is 15.5 Å². The molecular formula is C12H12N4O2. The average molecular weight is 244 g/mol. The fourth-order valence-electron chi connectivity index (χ4n) is 1.61. The van der Waals surface area contributed by atoms with Gasteiger partial charge in [-0.25, -0.2) is 0 Å². The van der Waals surface area contributed by atoms with Gasteiger partial charge in [0.05, 0.1) is 22.0 Å². The first-order chi connectivity index (χ1) is 8.72. The van der Waals surface area contributed by atoms with Crippen molar-refractivity contribution >= 4 is 16.6 Å². The highest BCUT2D eigenvalue weighted by molar-refractivity contribution is 5.88. The number of nitro groups is 1. The van der Waals surface area contributed by atoms with Crippen LogP contribution in [0.1, 0.15) is 12.0 Å². The number of hydrogen-bond donors (Lipinski definition) is 2. The Morgan fingerprint density at radius 3 is 3.11 bits per heavy atom. The number of aromatic nitrogens is 2. The van der Waals surface area contributed by atoms with Crippen LogP contribution in [0.3, 0.4) is 0 Å².